The van der Waals surface area contributed by atoms with Gasteiger partial charge in [0.2, 0.25) is 11.8 Å². The molecule has 2 N–H and O–H groups in total. The van der Waals surface area contributed by atoms with Gasteiger partial charge in [-0.3, -0.25) is 9.59 Å². The summed E-state index contributed by atoms with van der Waals surface area (Å²) in [4.78, 5) is 23.5. The number of carbonyl (C=O) groups excluding carboxylic acids is 2. The molecule has 6 heteroatoms. The quantitative estimate of drug-likeness (QED) is 0.759. The van der Waals surface area contributed by atoms with E-state index in [4.69, 9.17) is 0 Å². The number of rotatable bonds is 5. The van der Waals surface area contributed by atoms with E-state index in [0.717, 1.165) is 18.5 Å². The maximum Gasteiger partial charge on any atom is 0.248 e. The van der Waals surface area contributed by atoms with Gasteiger partial charge in [0.15, 0.2) is 0 Å². The highest BCUT2D eigenvalue weighted by Gasteiger charge is 2.42. The zero-order chi connectivity index (χ0) is 13.1. The third-order valence-electron chi connectivity index (χ3n) is 3.00. The van der Waals surface area contributed by atoms with E-state index < -0.39 is 6.04 Å². The molecule has 0 bridgehead atoms. The maximum atomic E-state index is 11.8. The summed E-state index contributed by atoms with van der Waals surface area (Å²) >= 11 is 0. The zero-order valence-corrected chi connectivity index (χ0v) is 12.2. The molecule has 0 aromatic rings. The molecule has 0 aliphatic carbocycles. The summed E-state index contributed by atoms with van der Waals surface area (Å²) in [5, 5.41) is 7.67. The molecule has 2 aliphatic heterocycles. The Labute approximate surface area is 115 Å². The largest absolute Gasteiger partial charge is 0.343 e. The Hall–Kier alpha value is -0.620. The minimum atomic E-state index is -0.400. The molecule has 2 atom stereocenters. The highest BCUT2D eigenvalue weighted by Crippen LogP contribution is 2.43. The summed E-state index contributed by atoms with van der Waals surface area (Å²) in [7, 11) is 3.23. The predicted octanol–water partition coefficient (Wildman–Crippen LogP) is 2.03. The summed E-state index contributed by atoms with van der Waals surface area (Å²) in [5.74, 6) is 0.509. The van der Waals surface area contributed by atoms with Crippen molar-refractivity contribution in [3.8, 4) is 0 Å². The first-order valence-electron chi connectivity index (χ1n) is 6.20. The lowest BCUT2D eigenvalue weighted by atomic mass is 10.1. The molecule has 0 aromatic carbocycles. The van der Waals surface area contributed by atoms with Gasteiger partial charge in [0.1, 0.15) is 6.04 Å². The van der Waals surface area contributed by atoms with Crippen molar-refractivity contribution in [3.05, 3.63) is 11.1 Å². The Morgan fingerprint density at radius 3 is 3.06 bits per heavy atom. The minimum Gasteiger partial charge on any atom is -0.343 e. The Bertz CT molecular complexity index is 382. The van der Waals surface area contributed by atoms with Crippen LogP contribution in [0.3, 0.4) is 0 Å². The Kier molecular flexibility index (Phi) is 4.61. The van der Waals surface area contributed by atoms with E-state index in [1.807, 2.05) is 5.41 Å². The molecule has 2 unspecified atom stereocenters. The summed E-state index contributed by atoms with van der Waals surface area (Å²) in [6, 6.07) is -0.400. The highest BCUT2D eigenvalue weighted by molar-refractivity contribution is 8.78. The summed E-state index contributed by atoms with van der Waals surface area (Å²) in [6.45, 7) is 4.29. The van der Waals surface area contributed by atoms with Crippen LogP contribution >= 0.6 is 21.6 Å². The SMILES string of the molecule is CC(C)CCCC(=O)NC1C(=O)NC2=CSSC21. The average molecular weight is 286 g/mol. The van der Waals surface area contributed by atoms with Crippen LogP contribution in [-0.2, 0) is 9.59 Å². The molecule has 100 valence electrons. The number of amides is 2. The maximum absolute atomic E-state index is 11.8. The fourth-order valence-corrected chi connectivity index (χ4v) is 4.59. The number of nitrogens with one attached hydrogen (secondary N) is 2. The molecule has 2 rings (SSSR count). The smallest absolute Gasteiger partial charge is 0.248 e. The average Bonchev–Trinajstić information content (AvgIpc) is 2.82. The molecular formula is C12H18N2O2S2. The Morgan fingerprint density at radius 2 is 2.33 bits per heavy atom. The molecule has 0 spiro atoms. The van der Waals surface area contributed by atoms with Crippen molar-refractivity contribution in [2.45, 2.75) is 44.4 Å². The molecule has 1 saturated heterocycles. The first-order valence-corrected chi connectivity index (χ1v) is 8.48. The van der Waals surface area contributed by atoms with E-state index in [1.54, 1.807) is 21.6 Å². The van der Waals surface area contributed by atoms with Gasteiger partial charge >= 0.3 is 0 Å². The number of hydrogen-bond donors (Lipinski definition) is 2. The fourth-order valence-electron chi connectivity index (χ4n) is 2.01. The molecular weight excluding hydrogens is 268 g/mol. The van der Waals surface area contributed by atoms with Crippen molar-refractivity contribution >= 4 is 33.4 Å². The van der Waals surface area contributed by atoms with Crippen LogP contribution in [0.5, 0.6) is 0 Å². The number of hydrogen-bond acceptors (Lipinski definition) is 4. The van der Waals surface area contributed by atoms with Crippen LogP contribution in [0, 0.1) is 5.92 Å². The van der Waals surface area contributed by atoms with Gasteiger partial charge < -0.3 is 10.6 Å². The summed E-state index contributed by atoms with van der Waals surface area (Å²) in [5.41, 5.74) is 0.933. The van der Waals surface area contributed by atoms with Crippen molar-refractivity contribution in [2.75, 3.05) is 0 Å². The predicted molar refractivity (Wildman–Crippen MR) is 75.8 cm³/mol. The van der Waals surface area contributed by atoms with Crippen molar-refractivity contribution in [1.82, 2.24) is 10.6 Å². The topological polar surface area (TPSA) is 58.2 Å². The Morgan fingerprint density at radius 1 is 1.56 bits per heavy atom. The Balaban J connectivity index is 1.80. The zero-order valence-electron chi connectivity index (χ0n) is 10.6. The highest BCUT2D eigenvalue weighted by atomic mass is 33.1. The molecule has 18 heavy (non-hydrogen) atoms. The van der Waals surface area contributed by atoms with E-state index in [0.29, 0.717) is 12.3 Å². The fraction of sp³-hybridized carbons (Fsp3) is 0.667. The van der Waals surface area contributed by atoms with Crippen molar-refractivity contribution in [1.29, 1.82) is 0 Å². The second kappa shape index (κ2) is 6.02. The lowest BCUT2D eigenvalue weighted by Gasteiger charge is -2.15. The van der Waals surface area contributed by atoms with Crippen molar-refractivity contribution < 1.29 is 9.59 Å². The van der Waals surface area contributed by atoms with E-state index in [1.165, 1.54) is 0 Å². The van der Waals surface area contributed by atoms with Gasteiger partial charge in [-0.25, -0.2) is 0 Å². The number of carbonyl (C=O) groups is 2. The molecule has 4 nitrogen and oxygen atoms in total. The monoisotopic (exact) mass is 286 g/mol. The van der Waals surface area contributed by atoms with Gasteiger partial charge in [-0.15, -0.1) is 0 Å². The summed E-state index contributed by atoms with van der Waals surface area (Å²) in [6.07, 6.45) is 2.43. The van der Waals surface area contributed by atoms with E-state index in [9.17, 15) is 9.59 Å². The second-order valence-electron chi connectivity index (χ2n) is 5.01. The molecule has 2 amide bonds. The molecule has 2 heterocycles. The van der Waals surface area contributed by atoms with Gasteiger partial charge in [0.25, 0.3) is 0 Å². The molecule has 1 fully saturated rings. The summed E-state index contributed by atoms with van der Waals surface area (Å²) < 4.78 is 0. The molecule has 0 radical (unpaired) electrons. The second-order valence-corrected chi connectivity index (χ2v) is 7.29. The van der Waals surface area contributed by atoms with Gasteiger partial charge in [-0.1, -0.05) is 41.9 Å². The third kappa shape index (κ3) is 3.23. The van der Waals surface area contributed by atoms with Crippen LogP contribution in [0.1, 0.15) is 33.1 Å². The first kappa shape index (κ1) is 13.8. The first-order chi connectivity index (χ1) is 8.58. The number of fused-ring (bicyclic) bond motifs is 1. The van der Waals surface area contributed by atoms with Crippen molar-refractivity contribution in [3.63, 3.8) is 0 Å². The van der Waals surface area contributed by atoms with Crippen LogP contribution in [0.4, 0.5) is 0 Å². The van der Waals surface area contributed by atoms with Crippen LogP contribution in [0.25, 0.3) is 0 Å². The normalized spacial score (nSPS) is 25.9. The molecule has 2 aliphatic rings. The van der Waals surface area contributed by atoms with E-state index in [-0.39, 0.29) is 17.1 Å². The third-order valence-corrected chi connectivity index (χ3v) is 5.43. The van der Waals surface area contributed by atoms with Crippen molar-refractivity contribution in [2.24, 2.45) is 5.92 Å². The van der Waals surface area contributed by atoms with E-state index in [2.05, 4.69) is 24.5 Å². The van der Waals surface area contributed by atoms with E-state index >= 15 is 0 Å². The van der Waals surface area contributed by atoms with Crippen LogP contribution < -0.4 is 10.6 Å². The van der Waals surface area contributed by atoms with Gasteiger partial charge in [0.05, 0.1) is 5.25 Å². The van der Waals surface area contributed by atoms with Crippen LogP contribution in [0.15, 0.2) is 11.1 Å². The van der Waals surface area contributed by atoms with Crippen LogP contribution in [0.2, 0.25) is 0 Å². The lowest BCUT2D eigenvalue weighted by molar-refractivity contribution is -0.127. The standard InChI is InChI=1S/C12H18N2O2S2/c1-7(2)4-3-5-9(15)14-10-11-8(6-17-18-11)13-12(10)16/h6-7,10-11H,3-5H2,1-2H3,(H,13,16)(H,14,15). The van der Waals surface area contributed by atoms with Gasteiger partial charge in [-0.05, 0) is 12.3 Å². The molecule has 0 aromatic heterocycles. The minimum absolute atomic E-state index is 0.0189. The molecule has 0 saturated carbocycles. The van der Waals surface area contributed by atoms with Crippen LogP contribution in [-0.4, -0.2) is 23.1 Å². The lowest BCUT2D eigenvalue weighted by Crippen LogP contribution is -2.44. The van der Waals surface area contributed by atoms with Gasteiger partial charge in [-0.2, -0.15) is 0 Å². The van der Waals surface area contributed by atoms with Gasteiger partial charge in [0, 0.05) is 17.5 Å².